The minimum absolute atomic E-state index is 0.238. The largest absolute Gasteiger partial charge is 0.462 e. The van der Waals surface area contributed by atoms with Crippen LogP contribution in [0, 0.1) is 0 Å². The maximum absolute atomic E-state index is 11.3. The fraction of sp³-hybridized carbons (Fsp3) is 0.417. The Morgan fingerprint density at radius 2 is 2.00 bits per heavy atom. The first-order chi connectivity index (χ1) is 7.27. The molecule has 0 aromatic heterocycles. The Balaban J connectivity index is 2.59. The molecule has 0 unspecified atom stereocenters. The van der Waals surface area contributed by atoms with Gasteiger partial charge in [-0.05, 0) is 41.9 Å². The van der Waals surface area contributed by atoms with Crippen LogP contribution >= 0.6 is 22.6 Å². The summed E-state index contributed by atoms with van der Waals surface area (Å²) in [7, 11) is 0. The number of carbonyl (C=O) groups excluding carboxylic acids is 1. The maximum atomic E-state index is 11.3. The Kier molecular flexibility index (Phi) is 5.68. The zero-order chi connectivity index (χ0) is 11.1. The van der Waals surface area contributed by atoms with E-state index in [9.17, 15) is 4.79 Å². The van der Waals surface area contributed by atoms with Crippen LogP contribution in [0.4, 0.5) is 0 Å². The number of benzene rings is 1. The molecule has 0 atom stereocenters. The number of hydrogen-bond donors (Lipinski definition) is 0. The average molecular weight is 318 g/mol. The molecule has 3 heteroatoms. The highest BCUT2D eigenvalue weighted by atomic mass is 127. The predicted octanol–water partition coefficient (Wildman–Crippen LogP) is 3.23. The molecule has 2 nitrogen and oxygen atoms in total. The molecule has 0 N–H and O–H groups in total. The van der Waals surface area contributed by atoms with Crippen molar-refractivity contribution in [1.82, 2.24) is 0 Å². The van der Waals surface area contributed by atoms with Gasteiger partial charge in [0.25, 0.3) is 0 Å². The number of hydrogen-bond acceptors (Lipinski definition) is 2. The lowest BCUT2D eigenvalue weighted by molar-refractivity contribution is 0.0526. The summed E-state index contributed by atoms with van der Waals surface area (Å²) in [6, 6.07) is 7.66. The fourth-order valence-corrected chi connectivity index (χ4v) is 1.67. The van der Waals surface area contributed by atoms with Crippen LogP contribution in [0.1, 0.15) is 29.3 Å². The summed E-state index contributed by atoms with van der Waals surface area (Å²) in [5.41, 5.74) is 1.91. The molecule has 0 radical (unpaired) electrons. The Morgan fingerprint density at radius 3 is 2.53 bits per heavy atom. The second kappa shape index (κ2) is 6.82. The highest BCUT2D eigenvalue weighted by Gasteiger charge is 2.04. The molecule has 0 aliphatic rings. The van der Waals surface area contributed by atoms with Crippen LogP contribution in [0.2, 0.25) is 0 Å². The van der Waals surface area contributed by atoms with Gasteiger partial charge in [0, 0.05) is 0 Å². The second-order valence-electron chi connectivity index (χ2n) is 3.21. The van der Waals surface area contributed by atoms with E-state index in [-0.39, 0.29) is 5.97 Å². The molecule has 0 aliphatic heterocycles. The smallest absolute Gasteiger partial charge is 0.338 e. The van der Waals surface area contributed by atoms with Crippen LogP contribution in [0.3, 0.4) is 0 Å². The van der Waals surface area contributed by atoms with Gasteiger partial charge in [-0.1, -0.05) is 34.7 Å². The Labute approximate surface area is 104 Å². The van der Waals surface area contributed by atoms with Gasteiger partial charge in [0.2, 0.25) is 0 Å². The van der Waals surface area contributed by atoms with E-state index >= 15 is 0 Å². The van der Waals surface area contributed by atoms with Crippen LogP contribution in [0.25, 0.3) is 0 Å². The number of alkyl halides is 1. The highest BCUT2D eigenvalue weighted by molar-refractivity contribution is 14.1. The molecule has 82 valence electrons. The summed E-state index contributed by atoms with van der Waals surface area (Å²) in [6.45, 7) is 2.24. The van der Waals surface area contributed by atoms with Crippen molar-refractivity contribution in [2.45, 2.75) is 19.8 Å². The first kappa shape index (κ1) is 12.5. The minimum atomic E-state index is -0.238. The molecule has 1 rings (SSSR count). The van der Waals surface area contributed by atoms with Gasteiger partial charge in [-0.25, -0.2) is 4.79 Å². The molecule has 15 heavy (non-hydrogen) atoms. The number of aryl methyl sites for hydroxylation is 1. The normalized spacial score (nSPS) is 10.0. The fourth-order valence-electron chi connectivity index (χ4n) is 1.29. The number of carbonyl (C=O) groups is 1. The first-order valence-electron chi connectivity index (χ1n) is 5.10. The van der Waals surface area contributed by atoms with Gasteiger partial charge in [0.1, 0.15) is 0 Å². The lowest BCUT2D eigenvalue weighted by Crippen LogP contribution is -2.04. The van der Waals surface area contributed by atoms with Crippen LogP contribution < -0.4 is 0 Å². The van der Waals surface area contributed by atoms with Crippen LogP contribution in [-0.2, 0) is 11.2 Å². The molecule has 0 aliphatic carbocycles. The van der Waals surface area contributed by atoms with E-state index in [0.717, 1.165) is 10.8 Å². The summed E-state index contributed by atoms with van der Waals surface area (Å²) in [5.74, 6) is -0.238. The first-order valence-corrected chi connectivity index (χ1v) is 6.62. The van der Waals surface area contributed by atoms with Gasteiger partial charge in [0.15, 0.2) is 0 Å². The van der Waals surface area contributed by atoms with Crippen molar-refractivity contribution < 1.29 is 9.53 Å². The molecule has 0 heterocycles. The molecule has 0 saturated heterocycles. The number of esters is 1. The zero-order valence-corrected chi connectivity index (χ0v) is 11.0. The van der Waals surface area contributed by atoms with Gasteiger partial charge >= 0.3 is 5.97 Å². The second-order valence-corrected chi connectivity index (χ2v) is 4.29. The van der Waals surface area contributed by atoms with Crippen LogP contribution in [0.5, 0.6) is 0 Å². The number of ether oxygens (including phenoxy) is 1. The lowest BCUT2D eigenvalue weighted by atomic mass is 10.1. The highest BCUT2D eigenvalue weighted by Crippen LogP contribution is 2.08. The van der Waals surface area contributed by atoms with E-state index in [2.05, 4.69) is 22.6 Å². The Bertz CT molecular complexity index is 306. The van der Waals surface area contributed by atoms with Crippen molar-refractivity contribution >= 4 is 28.6 Å². The molecule has 0 amide bonds. The predicted molar refractivity (Wildman–Crippen MR) is 69.6 cm³/mol. The standard InChI is InChI=1S/C12H15IO2/c1-2-15-12(14)11-7-5-10(6-8-11)4-3-9-13/h5-8H,2-4,9H2,1H3. The topological polar surface area (TPSA) is 26.3 Å². The van der Waals surface area contributed by atoms with Gasteiger partial charge in [0.05, 0.1) is 12.2 Å². The molecule has 0 bridgehead atoms. The summed E-state index contributed by atoms with van der Waals surface area (Å²) >= 11 is 2.37. The van der Waals surface area contributed by atoms with Crippen LogP contribution in [0.15, 0.2) is 24.3 Å². The number of halogens is 1. The van der Waals surface area contributed by atoms with Crippen molar-refractivity contribution in [3.63, 3.8) is 0 Å². The molecular weight excluding hydrogens is 303 g/mol. The molecule has 1 aromatic rings. The summed E-state index contributed by atoms with van der Waals surface area (Å²) in [6.07, 6.45) is 2.26. The van der Waals surface area contributed by atoms with E-state index in [0.29, 0.717) is 12.2 Å². The van der Waals surface area contributed by atoms with E-state index in [4.69, 9.17) is 4.74 Å². The van der Waals surface area contributed by atoms with E-state index in [1.54, 1.807) is 0 Å². The van der Waals surface area contributed by atoms with Crippen molar-refractivity contribution in [2.75, 3.05) is 11.0 Å². The third-order valence-corrected chi connectivity index (χ3v) is 2.83. The van der Waals surface area contributed by atoms with E-state index in [1.165, 1.54) is 12.0 Å². The summed E-state index contributed by atoms with van der Waals surface area (Å²) in [5, 5.41) is 0. The number of rotatable bonds is 5. The Morgan fingerprint density at radius 1 is 1.33 bits per heavy atom. The van der Waals surface area contributed by atoms with Crippen molar-refractivity contribution in [2.24, 2.45) is 0 Å². The SMILES string of the molecule is CCOC(=O)c1ccc(CCCI)cc1. The van der Waals surface area contributed by atoms with Crippen molar-refractivity contribution in [1.29, 1.82) is 0 Å². The zero-order valence-electron chi connectivity index (χ0n) is 8.83. The van der Waals surface area contributed by atoms with Crippen LogP contribution in [-0.4, -0.2) is 17.0 Å². The molecule has 1 aromatic carbocycles. The third-order valence-electron chi connectivity index (χ3n) is 2.06. The average Bonchev–Trinajstić information content (AvgIpc) is 2.27. The van der Waals surface area contributed by atoms with Crippen molar-refractivity contribution in [3.05, 3.63) is 35.4 Å². The van der Waals surface area contributed by atoms with E-state index in [1.807, 2.05) is 31.2 Å². The third kappa shape index (κ3) is 4.20. The summed E-state index contributed by atoms with van der Waals surface area (Å²) in [4.78, 5) is 11.3. The maximum Gasteiger partial charge on any atom is 0.338 e. The molecule has 0 fully saturated rings. The molecular formula is C12H15IO2. The lowest BCUT2D eigenvalue weighted by Gasteiger charge is -2.03. The van der Waals surface area contributed by atoms with Gasteiger partial charge in [-0.15, -0.1) is 0 Å². The van der Waals surface area contributed by atoms with E-state index < -0.39 is 0 Å². The van der Waals surface area contributed by atoms with Gasteiger partial charge in [-0.2, -0.15) is 0 Å². The Hall–Kier alpha value is -0.580. The quantitative estimate of drug-likeness (QED) is 0.473. The monoisotopic (exact) mass is 318 g/mol. The van der Waals surface area contributed by atoms with Gasteiger partial charge in [-0.3, -0.25) is 0 Å². The van der Waals surface area contributed by atoms with Gasteiger partial charge < -0.3 is 4.74 Å². The minimum Gasteiger partial charge on any atom is -0.462 e. The summed E-state index contributed by atoms with van der Waals surface area (Å²) < 4.78 is 6.07. The molecule has 0 spiro atoms. The van der Waals surface area contributed by atoms with Crippen molar-refractivity contribution in [3.8, 4) is 0 Å². The molecule has 0 saturated carbocycles.